The molecular formula is C19H23F4N3O5S. The van der Waals surface area contributed by atoms with E-state index in [2.05, 4.69) is 5.32 Å². The summed E-state index contributed by atoms with van der Waals surface area (Å²) in [5.74, 6) is -3.64. The molecule has 32 heavy (non-hydrogen) atoms. The number of hydrogen-bond acceptors (Lipinski definition) is 6. The van der Waals surface area contributed by atoms with Crippen molar-refractivity contribution in [1.82, 2.24) is 10.0 Å². The van der Waals surface area contributed by atoms with Crippen LogP contribution in [0.25, 0.3) is 0 Å². The number of carbonyl (C=O) groups excluding carboxylic acids is 1. The minimum absolute atomic E-state index is 0.0527. The fraction of sp³-hybridized carbons (Fsp3) is 0.632. The first-order chi connectivity index (χ1) is 15.0. The van der Waals surface area contributed by atoms with Crippen LogP contribution < -0.4 is 19.1 Å². The Morgan fingerprint density at radius 2 is 1.94 bits per heavy atom. The molecule has 0 radical (unpaired) electrons. The first-order valence-electron chi connectivity index (χ1n) is 10.3. The van der Waals surface area contributed by atoms with Crippen molar-refractivity contribution >= 4 is 21.8 Å². The van der Waals surface area contributed by atoms with Crippen LogP contribution in [0.2, 0.25) is 0 Å². The number of halogens is 4. The van der Waals surface area contributed by atoms with E-state index >= 15 is 4.39 Å². The summed E-state index contributed by atoms with van der Waals surface area (Å²) < 4.78 is 85.6. The molecule has 0 unspecified atom stereocenters. The van der Waals surface area contributed by atoms with E-state index in [1.165, 1.54) is 0 Å². The van der Waals surface area contributed by atoms with E-state index in [-0.39, 0.29) is 49.1 Å². The molecule has 8 nitrogen and oxygen atoms in total. The molecular weight excluding hydrogens is 458 g/mol. The highest BCUT2D eigenvalue weighted by Gasteiger charge is 2.42. The number of phenols is 1. The number of hydrogen-bond donors (Lipinski definition) is 3. The number of ether oxygens (including phenoxy) is 1. The maximum Gasteiger partial charge on any atom is 0.391 e. The lowest BCUT2D eigenvalue weighted by Gasteiger charge is -2.32. The number of alkyl halides is 3. The molecule has 1 saturated heterocycles. The Morgan fingerprint density at radius 1 is 1.25 bits per heavy atom. The van der Waals surface area contributed by atoms with Crippen LogP contribution in [-0.4, -0.2) is 51.3 Å². The average Bonchev–Trinajstić information content (AvgIpc) is 2.98. The monoisotopic (exact) mass is 481 g/mol. The first-order valence-corrected chi connectivity index (χ1v) is 11.7. The quantitative estimate of drug-likeness (QED) is 0.568. The standard InChI is InChI=1S/C19H23F4N3O5S/c20-17-13-5-12(24-7-10-1-3-11(4-2-10)19(21,22)23)9-31-15(13)6-14(27)18(17)26-8-16(28)25-32(26,29)30/h6,10-12,24,27H,1-5,7-9H2,(H,25,28)/t10?,11?,12-/m0/s1. The second-order valence-electron chi connectivity index (χ2n) is 8.45. The molecule has 2 aliphatic heterocycles. The van der Waals surface area contributed by atoms with Gasteiger partial charge in [0.05, 0.1) is 5.92 Å². The number of aromatic hydroxyl groups is 1. The number of phenolic OH excluding ortho intramolecular Hbond substituents is 1. The number of fused-ring (bicyclic) bond motifs is 1. The van der Waals surface area contributed by atoms with Crippen LogP contribution in [0.15, 0.2) is 6.07 Å². The largest absolute Gasteiger partial charge is 0.505 e. The van der Waals surface area contributed by atoms with E-state index in [0.717, 1.165) is 6.07 Å². The van der Waals surface area contributed by atoms with Gasteiger partial charge < -0.3 is 15.2 Å². The summed E-state index contributed by atoms with van der Waals surface area (Å²) in [6.45, 7) is -0.0423. The highest BCUT2D eigenvalue weighted by Crippen LogP contribution is 2.42. The van der Waals surface area contributed by atoms with E-state index < -0.39 is 52.0 Å². The summed E-state index contributed by atoms with van der Waals surface area (Å²) in [7, 11) is -4.32. The van der Waals surface area contributed by atoms with Crippen LogP contribution in [0.1, 0.15) is 31.2 Å². The Bertz CT molecular complexity index is 1010. The second kappa shape index (κ2) is 8.25. The van der Waals surface area contributed by atoms with Gasteiger partial charge in [0.25, 0.3) is 5.91 Å². The van der Waals surface area contributed by atoms with Gasteiger partial charge in [0, 0.05) is 17.7 Å². The molecule has 1 atom stereocenters. The van der Waals surface area contributed by atoms with Gasteiger partial charge in [-0.3, -0.25) is 4.79 Å². The average molecular weight is 481 g/mol. The summed E-state index contributed by atoms with van der Waals surface area (Å²) >= 11 is 0. The van der Waals surface area contributed by atoms with Crippen LogP contribution in [0.4, 0.5) is 23.2 Å². The summed E-state index contributed by atoms with van der Waals surface area (Å²) in [6.07, 6.45) is -2.96. The number of carbonyl (C=O) groups is 1. The normalized spacial score (nSPS) is 27.6. The van der Waals surface area contributed by atoms with Crippen molar-refractivity contribution in [2.75, 3.05) is 24.0 Å². The van der Waals surface area contributed by atoms with Gasteiger partial charge in [0.2, 0.25) is 0 Å². The van der Waals surface area contributed by atoms with Crippen LogP contribution in [0.5, 0.6) is 11.5 Å². The zero-order valence-corrected chi connectivity index (χ0v) is 17.7. The Labute approximate surface area is 182 Å². The lowest BCUT2D eigenvalue weighted by atomic mass is 9.81. The zero-order chi connectivity index (χ0) is 23.3. The summed E-state index contributed by atoms with van der Waals surface area (Å²) in [6, 6.07) is 0.769. The molecule has 2 fully saturated rings. The number of amides is 1. The zero-order valence-electron chi connectivity index (χ0n) is 16.9. The van der Waals surface area contributed by atoms with Crippen molar-refractivity contribution in [3.63, 3.8) is 0 Å². The molecule has 13 heteroatoms. The van der Waals surface area contributed by atoms with Gasteiger partial charge in [-0.2, -0.15) is 21.6 Å². The summed E-state index contributed by atoms with van der Waals surface area (Å²) in [4.78, 5) is 11.5. The second-order valence-corrected chi connectivity index (χ2v) is 10.0. The van der Waals surface area contributed by atoms with Crippen LogP contribution in [-0.2, 0) is 21.4 Å². The predicted molar refractivity (Wildman–Crippen MR) is 105 cm³/mol. The molecule has 1 saturated carbocycles. The smallest absolute Gasteiger partial charge is 0.391 e. The third-order valence-corrected chi connectivity index (χ3v) is 7.62. The van der Waals surface area contributed by atoms with Gasteiger partial charge in [0.1, 0.15) is 30.3 Å². The Kier molecular flexibility index (Phi) is 5.90. The number of anilines is 1. The third kappa shape index (κ3) is 4.45. The highest BCUT2D eigenvalue weighted by molar-refractivity contribution is 7.92. The molecule has 3 aliphatic rings. The first kappa shape index (κ1) is 22.9. The lowest BCUT2D eigenvalue weighted by molar-refractivity contribution is -0.183. The van der Waals surface area contributed by atoms with Crippen molar-refractivity contribution in [3.05, 3.63) is 17.4 Å². The number of rotatable bonds is 4. The van der Waals surface area contributed by atoms with Crippen LogP contribution in [0.3, 0.4) is 0 Å². The molecule has 0 bridgehead atoms. The van der Waals surface area contributed by atoms with Gasteiger partial charge in [-0.1, -0.05) is 0 Å². The molecule has 2 heterocycles. The van der Waals surface area contributed by atoms with Gasteiger partial charge in [0.15, 0.2) is 5.82 Å². The van der Waals surface area contributed by atoms with Crippen molar-refractivity contribution in [3.8, 4) is 11.5 Å². The van der Waals surface area contributed by atoms with Gasteiger partial charge in [-0.05, 0) is 44.6 Å². The maximum atomic E-state index is 15.2. The summed E-state index contributed by atoms with van der Waals surface area (Å²) in [5.41, 5.74) is -0.575. The Balaban J connectivity index is 1.43. The van der Waals surface area contributed by atoms with E-state index in [0.29, 0.717) is 23.7 Å². The SMILES string of the molecule is O=C1CN(c2c(O)cc3c(c2F)C[C@H](NCC2CCC(C(F)(F)F)CC2)CO3)S(=O)(=O)N1. The predicted octanol–water partition coefficient (Wildman–Crippen LogP) is 1.97. The van der Waals surface area contributed by atoms with Crippen LogP contribution >= 0.6 is 0 Å². The van der Waals surface area contributed by atoms with E-state index in [9.17, 15) is 31.5 Å². The Hall–Kier alpha value is -2.28. The van der Waals surface area contributed by atoms with Crippen molar-refractivity contribution < 1.29 is 40.6 Å². The molecule has 0 aromatic heterocycles. The molecule has 1 amide bonds. The molecule has 178 valence electrons. The minimum Gasteiger partial charge on any atom is -0.505 e. The van der Waals surface area contributed by atoms with E-state index in [1.54, 1.807) is 4.72 Å². The highest BCUT2D eigenvalue weighted by atomic mass is 32.2. The maximum absolute atomic E-state index is 15.2. The number of nitrogens with one attached hydrogen (secondary N) is 2. The molecule has 3 N–H and O–H groups in total. The summed E-state index contributed by atoms with van der Waals surface area (Å²) in [5, 5.41) is 13.4. The lowest BCUT2D eigenvalue weighted by Crippen LogP contribution is -2.43. The van der Waals surface area contributed by atoms with Crippen molar-refractivity contribution in [2.45, 2.75) is 44.3 Å². The fourth-order valence-electron chi connectivity index (χ4n) is 4.50. The van der Waals surface area contributed by atoms with Crippen molar-refractivity contribution in [2.24, 2.45) is 11.8 Å². The minimum atomic E-state index is -4.32. The third-order valence-electron chi connectivity index (χ3n) is 6.25. The molecule has 0 spiro atoms. The van der Waals surface area contributed by atoms with Gasteiger partial charge in [-0.25, -0.2) is 13.4 Å². The van der Waals surface area contributed by atoms with Gasteiger partial charge in [-0.15, -0.1) is 0 Å². The number of nitrogens with zero attached hydrogens (tertiary/aromatic N) is 1. The van der Waals surface area contributed by atoms with Gasteiger partial charge >= 0.3 is 16.4 Å². The molecule has 1 aromatic rings. The number of benzene rings is 1. The van der Waals surface area contributed by atoms with Crippen molar-refractivity contribution in [1.29, 1.82) is 0 Å². The molecule has 1 aromatic carbocycles. The van der Waals surface area contributed by atoms with Crippen LogP contribution in [0, 0.1) is 17.7 Å². The fourth-order valence-corrected chi connectivity index (χ4v) is 5.66. The molecule has 1 aliphatic carbocycles. The topological polar surface area (TPSA) is 108 Å². The van der Waals surface area contributed by atoms with E-state index in [1.807, 2.05) is 0 Å². The Morgan fingerprint density at radius 3 is 2.53 bits per heavy atom. The van der Waals surface area contributed by atoms with E-state index in [4.69, 9.17) is 4.74 Å². The molecule has 4 rings (SSSR count).